The predicted octanol–water partition coefficient (Wildman–Crippen LogP) is 2.99. The van der Waals surface area contributed by atoms with Crippen LogP contribution in [-0.4, -0.2) is 33.1 Å². The van der Waals surface area contributed by atoms with E-state index < -0.39 is 16.9 Å². The molecule has 3 heterocycles. The van der Waals surface area contributed by atoms with Crippen molar-refractivity contribution in [2.75, 3.05) is 11.9 Å². The maximum Gasteiger partial charge on any atom is 0.262 e. The number of thioether (sulfide) groups is 1. The van der Waals surface area contributed by atoms with Crippen molar-refractivity contribution in [3.63, 3.8) is 0 Å². The molecule has 2 aromatic carbocycles. The first-order chi connectivity index (χ1) is 13.6. The van der Waals surface area contributed by atoms with E-state index in [2.05, 4.69) is 20.6 Å². The van der Waals surface area contributed by atoms with Crippen LogP contribution in [0.25, 0.3) is 0 Å². The third-order valence-corrected chi connectivity index (χ3v) is 5.53. The van der Waals surface area contributed by atoms with Crippen LogP contribution in [-0.2, 0) is 4.79 Å². The van der Waals surface area contributed by atoms with Crippen molar-refractivity contribution in [2.24, 2.45) is 5.10 Å². The average molecular weight is 399 g/mol. The Morgan fingerprint density at radius 2 is 2.11 bits per heavy atom. The molecule has 1 N–H and O–H groups in total. The lowest BCUT2D eigenvalue weighted by atomic mass is 10.00. The van der Waals surface area contributed by atoms with Gasteiger partial charge in [-0.1, -0.05) is 17.8 Å². The highest BCUT2D eigenvalue weighted by Gasteiger charge is 2.31. The standard InChI is InChI=1S/C18H11F2N5O2S/c19-10-2-3-11(12(20)6-10)17-16(24-25-8-21-23-18(25)28-17)9-1-4-14-13(5-9)22-15(26)7-27-14/h1-6,8,17H,7H2,(H,22,26). The van der Waals surface area contributed by atoms with Gasteiger partial charge in [0.15, 0.2) is 6.61 Å². The van der Waals surface area contributed by atoms with Gasteiger partial charge in [0.05, 0.1) is 16.6 Å². The van der Waals surface area contributed by atoms with Crippen molar-refractivity contribution in [3.8, 4) is 5.75 Å². The van der Waals surface area contributed by atoms with Crippen molar-refractivity contribution in [1.29, 1.82) is 0 Å². The van der Waals surface area contributed by atoms with E-state index in [1.165, 1.54) is 34.9 Å². The Kier molecular flexibility index (Phi) is 3.86. The van der Waals surface area contributed by atoms with Gasteiger partial charge < -0.3 is 10.1 Å². The highest BCUT2D eigenvalue weighted by molar-refractivity contribution is 8.00. The topological polar surface area (TPSA) is 81.4 Å². The summed E-state index contributed by atoms with van der Waals surface area (Å²) in [6, 6.07) is 8.66. The van der Waals surface area contributed by atoms with Gasteiger partial charge in [0.25, 0.3) is 5.91 Å². The molecule has 2 aliphatic heterocycles. The molecule has 0 bridgehead atoms. The third kappa shape index (κ3) is 2.82. The Hall–Kier alpha value is -3.27. The van der Waals surface area contributed by atoms with Gasteiger partial charge in [0.2, 0.25) is 5.16 Å². The van der Waals surface area contributed by atoms with E-state index in [0.717, 1.165) is 6.07 Å². The largest absolute Gasteiger partial charge is 0.482 e. The summed E-state index contributed by atoms with van der Waals surface area (Å²) in [4.78, 5) is 11.6. The van der Waals surface area contributed by atoms with E-state index in [1.807, 2.05) is 0 Å². The summed E-state index contributed by atoms with van der Waals surface area (Å²) in [5.74, 6) is -1.04. The number of aromatic nitrogens is 3. The Morgan fingerprint density at radius 1 is 1.21 bits per heavy atom. The van der Waals surface area contributed by atoms with Crippen LogP contribution in [0.1, 0.15) is 16.4 Å². The first-order valence-corrected chi connectivity index (χ1v) is 9.14. The second-order valence-electron chi connectivity index (χ2n) is 6.15. The Morgan fingerprint density at radius 3 is 2.96 bits per heavy atom. The summed E-state index contributed by atoms with van der Waals surface area (Å²) in [6.07, 6.45) is 1.45. The number of rotatable bonds is 2. The smallest absolute Gasteiger partial charge is 0.262 e. The van der Waals surface area contributed by atoms with Gasteiger partial charge in [0, 0.05) is 17.2 Å². The van der Waals surface area contributed by atoms with Gasteiger partial charge in [0.1, 0.15) is 23.7 Å². The summed E-state index contributed by atoms with van der Waals surface area (Å²) in [7, 11) is 0. The van der Waals surface area contributed by atoms with Crippen molar-refractivity contribution in [1.82, 2.24) is 14.9 Å². The number of nitrogens with one attached hydrogen (secondary N) is 1. The van der Waals surface area contributed by atoms with Gasteiger partial charge in [-0.3, -0.25) is 4.79 Å². The molecule has 0 aliphatic carbocycles. The maximum absolute atomic E-state index is 14.5. The minimum atomic E-state index is -0.673. The predicted molar refractivity (Wildman–Crippen MR) is 97.5 cm³/mol. The van der Waals surface area contributed by atoms with E-state index in [-0.39, 0.29) is 18.1 Å². The molecule has 10 heteroatoms. The molecule has 1 unspecified atom stereocenters. The normalized spacial score (nSPS) is 17.9. The van der Waals surface area contributed by atoms with Gasteiger partial charge in [-0.2, -0.15) is 9.78 Å². The van der Waals surface area contributed by atoms with E-state index in [0.29, 0.717) is 27.9 Å². The number of carbonyl (C=O) groups is 1. The molecule has 1 atom stereocenters. The monoisotopic (exact) mass is 399 g/mol. The van der Waals surface area contributed by atoms with Crippen LogP contribution in [0, 0.1) is 11.6 Å². The number of carbonyl (C=O) groups excluding carboxylic acids is 1. The van der Waals surface area contributed by atoms with Crippen molar-refractivity contribution in [2.45, 2.75) is 10.4 Å². The van der Waals surface area contributed by atoms with Crippen molar-refractivity contribution >= 4 is 29.1 Å². The first-order valence-electron chi connectivity index (χ1n) is 8.26. The zero-order valence-electron chi connectivity index (χ0n) is 14.1. The molecule has 1 amide bonds. The summed E-state index contributed by atoms with van der Waals surface area (Å²) < 4.78 is 34.8. The fraction of sp³-hybridized carbons (Fsp3) is 0.111. The Labute approximate surface area is 161 Å². The first kappa shape index (κ1) is 16.9. The van der Waals surface area contributed by atoms with Crippen molar-refractivity contribution < 1.29 is 18.3 Å². The van der Waals surface area contributed by atoms with Crippen LogP contribution in [0.2, 0.25) is 0 Å². The highest BCUT2D eigenvalue weighted by atomic mass is 32.2. The molecule has 28 heavy (non-hydrogen) atoms. The molecule has 0 spiro atoms. The van der Waals surface area contributed by atoms with Crippen LogP contribution < -0.4 is 10.1 Å². The summed E-state index contributed by atoms with van der Waals surface area (Å²) in [6.45, 7) is -0.0450. The molecule has 1 aromatic heterocycles. The van der Waals surface area contributed by atoms with Crippen molar-refractivity contribution in [3.05, 3.63) is 65.5 Å². The summed E-state index contributed by atoms with van der Waals surface area (Å²) in [5, 5.41) is 15.0. The Balaban J connectivity index is 1.64. The second kappa shape index (κ2) is 6.41. The number of hydrogen-bond acceptors (Lipinski definition) is 6. The summed E-state index contributed by atoms with van der Waals surface area (Å²) in [5.41, 5.74) is 1.96. The lowest BCUT2D eigenvalue weighted by Gasteiger charge is -2.25. The van der Waals surface area contributed by atoms with Crippen LogP contribution >= 0.6 is 11.8 Å². The molecule has 2 aliphatic rings. The minimum Gasteiger partial charge on any atom is -0.482 e. The molecule has 3 aromatic rings. The molecule has 0 saturated carbocycles. The maximum atomic E-state index is 14.5. The summed E-state index contributed by atoms with van der Waals surface area (Å²) >= 11 is 1.26. The zero-order chi connectivity index (χ0) is 19.3. The fourth-order valence-electron chi connectivity index (χ4n) is 3.07. The van der Waals surface area contributed by atoms with E-state index in [1.54, 1.807) is 18.2 Å². The molecular weight excluding hydrogens is 388 g/mol. The van der Waals surface area contributed by atoms with Gasteiger partial charge in [-0.15, -0.1) is 10.2 Å². The average Bonchev–Trinajstić information content (AvgIpc) is 3.14. The zero-order valence-corrected chi connectivity index (χ0v) is 14.9. The number of halogens is 2. The number of hydrogen-bond donors (Lipinski definition) is 1. The third-order valence-electron chi connectivity index (χ3n) is 4.34. The van der Waals surface area contributed by atoms with Crippen LogP contribution in [0.15, 0.2) is 53.0 Å². The number of benzene rings is 2. The number of amides is 1. The molecule has 0 fully saturated rings. The lowest BCUT2D eigenvalue weighted by Crippen LogP contribution is -2.26. The molecule has 7 nitrogen and oxygen atoms in total. The number of fused-ring (bicyclic) bond motifs is 2. The fourth-order valence-corrected chi connectivity index (χ4v) is 4.19. The van der Waals surface area contributed by atoms with Gasteiger partial charge in [-0.25, -0.2) is 8.78 Å². The van der Waals surface area contributed by atoms with E-state index in [9.17, 15) is 13.6 Å². The van der Waals surface area contributed by atoms with Gasteiger partial charge in [-0.05, 0) is 24.3 Å². The molecule has 0 saturated heterocycles. The van der Waals surface area contributed by atoms with Crippen LogP contribution in [0.5, 0.6) is 5.75 Å². The van der Waals surface area contributed by atoms with Crippen LogP contribution in [0.4, 0.5) is 14.5 Å². The number of nitrogens with zero attached hydrogens (tertiary/aromatic N) is 4. The number of ether oxygens (including phenoxy) is 1. The van der Waals surface area contributed by atoms with E-state index in [4.69, 9.17) is 4.74 Å². The Bertz CT molecular complexity index is 1150. The molecular formula is C18H11F2N5O2S. The number of anilines is 1. The second-order valence-corrected chi connectivity index (χ2v) is 7.23. The SMILES string of the molecule is O=C1COc2ccc(C3=Nn4cnnc4SC3c3ccc(F)cc3F)cc2N1. The van der Waals surface area contributed by atoms with Gasteiger partial charge >= 0.3 is 0 Å². The van der Waals surface area contributed by atoms with E-state index >= 15 is 0 Å². The minimum absolute atomic E-state index is 0.0450. The van der Waals surface area contributed by atoms with Crippen LogP contribution in [0.3, 0.4) is 0 Å². The quantitative estimate of drug-likeness (QED) is 0.717. The molecule has 0 radical (unpaired) electrons. The molecule has 140 valence electrons. The highest BCUT2D eigenvalue weighted by Crippen LogP contribution is 2.42. The molecule has 5 rings (SSSR count). The lowest BCUT2D eigenvalue weighted by molar-refractivity contribution is -0.118.